The molecular weight excluding hydrogens is 468 g/mol. The van der Waals surface area contributed by atoms with Gasteiger partial charge in [-0.05, 0) is 24.3 Å². The lowest BCUT2D eigenvalue weighted by atomic mass is 10.2. The number of carbonyl (C=O) groups is 1. The second-order valence-electron chi connectivity index (χ2n) is 6.76. The molecule has 1 amide bonds. The van der Waals surface area contributed by atoms with Gasteiger partial charge in [0.1, 0.15) is 23.8 Å². The molecule has 0 bridgehead atoms. The predicted molar refractivity (Wildman–Crippen MR) is 127 cm³/mol. The Morgan fingerprint density at radius 2 is 1.61 bits per heavy atom. The Hall–Kier alpha value is -3.43. The quantitative estimate of drug-likeness (QED) is 0.483. The van der Waals surface area contributed by atoms with Crippen molar-refractivity contribution in [2.24, 2.45) is 0 Å². The third kappa shape index (κ3) is 5.50. The van der Waals surface area contributed by atoms with E-state index < -0.39 is 22.5 Å². The number of nitrogens with one attached hydrogen (secondary N) is 1. The highest BCUT2D eigenvalue weighted by Crippen LogP contribution is 2.36. The molecule has 3 rings (SSSR count). The van der Waals surface area contributed by atoms with E-state index in [-0.39, 0.29) is 16.3 Å². The van der Waals surface area contributed by atoms with Gasteiger partial charge < -0.3 is 19.5 Å². The van der Waals surface area contributed by atoms with Gasteiger partial charge in [0.2, 0.25) is 5.91 Å². The van der Waals surface area contributed by atoms with Crippen LogP contribution in [0.3, 0.4) is 0 Å². The Bertz CT molecular complexity index is 1230. The highest BCUT2D eigenvalue weighted by Gasteiger charge is 2.28. The Kier molecular flexibility index (Phi) is 7.67. The molecule has 0 saturated heterocycles. The summed E-state index contributed by atoms with van der Waals surface area (Å²) in [5, 5.41) is 2.98. The number of anilines is 2. The number of hydrogen-bond donors (Lipinski definition) is 1. The number of rotatable bonds is 9. The van der Waals surface area contributed by atoms with E-state index in [2.05, 4.69) is 5.32 Å². The van der Waals surface area contributed by atoms with Crippen LogP contribution in [0.4, 0.5) is 11.4 Å². The van der Waals surface area contributed by atoms with Gasteiger partial charge in [-0.25, -0.2) is 8.42 Å². The summed E-state index contributed by atoms with van der Waals surface area (Å²) in [6.45, 7) is -0.501. The summed E-state index contributed by atoms with van der Waals surface area (Å²) in [7, 11) is 0.280. The summed E-state index contributed by atoms with van der Waals surface area (Å²) in [5.41, 5.74) is 0.556. The zero-order valence-corrected chi connectivity index (χ0v) is 19.8. The first-order valence-corrected chi connectivity index (χ1v) is 11.5. The fourth-order valence-corrected chi connectivity index (χ4v) is 4.74. The number of sulfonamides is 1. The summed E-state index contributed by atoms with van der Waals surface area (Å²) in [6, 6.07) is 17.3. The molecule has 0 aliphatic rings. The van der Waals surface area contributed by atoms with Gasteiger partial charge in [0.05, 0.1) is 42.6 Å². The number of hydrogen-bond acceptors (Lipinski definition) is 6. The van der Waals surface area contributed by atoms with E-state index in [0.29, 0.717) is 22.3 Å². The minimum Gasteiger partial charge on any atom is -0.497 e. The molecule has 3 aromatic rings. The molecular formula is C23H23ClN2O6S. The van der Waals surface area contributed by atoms with E-state index in [1.54, 1.807) is 42.5 Å². The lowest BCUT2D eigenvalue weighted by Gasteiger charge is -2.24. The summed E-state index contributed by atoms with van der Waals surface area (Å²) >= 11 is 6.12. The first-order valence-electron chi connectivity index (χ1n) is 9.73. The average molecular weight is 491 g/mol. The second kappa shape index (κ2) is 10.5. The van der Waals surface area contributed by atoms with E-state index in [0.717, 1.165) is 4.31 Å². The molecule has 33 heavy (non-hydrogen) atoms. The van der Waals surface area contributed by atoms with Crippen molar-refractivity contribution in [1.29, 1.82) is 0 Å². The molecule has 0 radical (unpaired) electrons. The molecule has 0 fully saturated rings. The van der Waals surface area contributed by atoms with Crippen molar-refractivity contribution in [3.63, 3.8) is 0 Å². The van der Waals surface area contributed by atoms with Crippen LogP contribution in [-0.4, -0.2) is 42.2 Å². The average Bonchev–Trinajstić information content (AvgIpc) is 2.83. The fraction of sp³-hybridized carbons (Fsp3) is 0.174. The van der Waals surface area contributed by atoms with Crippen LogP contribution >= 0.6 is 11.6 Å². The number of nitrogens with zero attached hydrogens (tertiary/aromatic N) is 1. The Morgan fingerprint density at radius 1 is 0.909 bits per heavy atom. The van der Waals surface area contributed by atoms with Crippen LogP contribution in [-0.2, 0) is 14.8 Å². The molecule has 0 saturated carbocycles. The van der Waals surface area contributed by atoms with Crippen LogP contribution in [0, 0.1) is 0 Å². The number of benzene rings is 3. The molecule has 0 spiro atoms. The maximum Gasteiger partial charge on any atom is 0.264 e. The van der Waals surface area contributed by atoms with Crippen LogP contribution in [0.25, 0.3) is 0 Å². The number of methoxy groups -OCH3 is 3. The Morgan fingerprint density at radius 3 is 2.24 bits per heavy atom. The largest absolute Gasteiger partial charge is 0.497 e. The van der Waals surface area contributed by atoms with E-state index in [1.165, 1.54) is 45.6 Å². The van der Waals surface area contributed by atoms with Crippen LogP contribution in [0.2, 0.25) is 5.02 Å². The van der Waals surface area contributed by atoms with Gasteiger partial charge in [0.15, 0.2) is 0 Å². The molecule has 174 valence electrons. The molecule has 0 heterocycles. The summed E-state index contributed by atoms with van der Waals surface area (Å²) < 4.78 is 43.6. The standard InChI is InChI=1S/C23H23ClN2O6S/c1-30-17-9-7-8-16(12-17)26(33(28,29)18-10-5-4-6-11-18)15-23(27)25-20-14-21(31-2)19(24)13-22(20)32-3/h4-14H,15H2,1-3H3,(H,25,27). The molecule has 1 N–H and O–H groups in total. The third-order valence-corrected chi connectivity index (χ3v) is 6.79. The van der Waals surface area contributed by atoms with Crippen LogP contribution in [0.15, 0.2) is 71.6 Å². The minimum atomic E-state index is -4.06. The van der Waals surface area contributed by atoms with Gasteiger partial charge in [0.25, 0.3) is 10.0 Å². The van der Waals surface area contributed by atoms with Crippen molar-refractivity contribution in [2.45, 2.75) is 4.90 Å². The number of carbonyl (C=O) groups excluding carboxylic acids is 1. The number of halogens is 1. The molecule has 0 atom stereocenters. The normalized spacial score (nSPS) is 10.9. The van der Waals surface area contributed by atoms with Gasteiger partial charge in [-0.1, -0.05) is 35.9 Å². The van der Waals surface area contributed by atoms with Crippen molar-refractivity contribution >= 4 is 38.9 Å². The van der Waals surface area contributed by atoms with E-state index in [4.69, 9.17) is 25.8 Å². The minimum absolute atomic E-state index is 0.0476. The maximum absolute atomic E-state index is 13.4. The summed E-state index contributed by atoms with van der Waals surface area (Å²) in [5.74, 6) is 0.479. The monoisotopic (exact) mass is 490 g/mol. The van der Waals surface area contributed by atoms with Gasteiger partial charge in [-0.2, -0.15) is 0 Å². The van der Waals surface area contributed by atoms with Crippen LogP contribution in [0.5, 0.6) is 17.2 Å². The molecule has 0 aliphatic heterocycles. The van der Waals surface area contributed by atoms with Gasteiger partial charge in [-0.3, -0.25) is 9.10 Å². The van der Waals surface area contributed by atoms with E-state index in [1.807, 2.05) is 0 Å². The molecule has 0 aromatic heterocycles. The van der Waals surface area contributed by atoms with Gasteiger partial charge in [0, 0.05) is 18.2 Å². The smallest absolute Gasteiger partial charge is 0.264 e. The maximum atomic E-state index is 13.4. The van der Waals surface area contributed by atoms with Crippen molar-refractivity contribution in [3.05, 3.63) is 71.8 Å². The van der Waals surface area contributed by atoms with Crippen LogP contribution in [0.1, 0.15) is 0 Å². The van der Waals surface area contributed by atoms with Crippen molar-refractivity contribution in [2.75, 3.05) is 37.5 Å². The fourth-order valence-electron chi connectivity index (χ4n) is 3.08. The lowest BCUT2D eigenvalue weighted by molar-refractivity contribution is -0.114. The second-order valence-corrected chi connectivity index (χ2v) is 9.03. The zero-order chi connectivity index (χ0) is 24.0. The van der Waals surface area contributed by atoms with Gasteiger partial charge in [-0.15, -0.1) is 0 Å². The molecule has 3 aromatic carbocycles. The van der Waals surface area contributed by atoms with E-state index in [9.17, 15) is 13.2 Å². The number of amides is 1. The van der Waals surface area contributed by atoms with Crippen molar-refractivity contribution in [1.82, 2.24) is 0 Å². The van der Waals surface area contributed by atoms with Crippen molar-refractivity contribution in [3.8, 4) is 17.2 Å². The van der Waals surface area contributed by atoms with Crippen LogP contribution < -0.4 is 23.8 Å². The zero-order valence-electron chi connectivity index (χ0n) is 18.2. The SMILES string of the molecule is COc1cccc(N(CC(=O)Nc2cc(OC)c(Cl)cc2OC)S(=O)(=O)c2ccccc2)c1. The highest BCUT2D eigenvalue weighted by atomic mass is 35.5. The molecule has 10 heteroatoms. The van der Waals surface area contributed by atoms with E-state index >= 15 is 0 Å². The topological polar surface area (TPSA) is 94.2 Å². The summed E-state index contributed by atoms with van der Waals surface area (Å²) in [4.78, 5) is 13.1. The molecule has 0 unspecified atom stereocenters. The summed E-state index contributed by atoms with van der Waals surface area (Å²) in [6.07, 6.45) is 0. The van der Waals surface area contributed by atoms with Gasteiger partial charge >= 0.3 is 0 Å². The number of ether oxygens (including phenoxy) is 3. The lowest BCUT2D eigenvalue weighted by Crippen LogP contribution is -2.38. The third-order valence-electron chi connectivity index (χ3n) is 4.71. The molecule has 8 nitrogen and oxygen atoms in total. The molecule has 0 aliphatic carbocycles. The first kappa shape index (κ1) is 24.2. The first-order chi connectivity index (χ1) is 15.8. The van der Waals surface area contributed by atoms with Crippen molar-refractivity contribution < 1.29 is 27.4 Å². The Balaban J connectivity index is 1.98. The Labute approximate surface area is 197 Å². The highest BCUT2D eigenvalue weighted by molar-refractivity contribution is 7.92. The predicted octanol–water partition coefficient (Wildman–Crippen LogP) is 4.20.